The van der Waals surface area contributed by atoms with E-state index in [0.29, 0.717) is 21.3 Å². The van der Waals surface area contributed by atoms with Crippen LogP contribution in [0.5, 0.6) is 0 Å². The first-order chi connectivity index (χ1) is 17.6. The fraction of sp³-hybridized carbons (Fsp3) is 0.577. The highest BCUT2D eigenvalue weighted by Gasteiger charge is 2.40. The fourth-order valence-electron chi connectivity index (χ4n) is 4.85. The van der Waals surface area contributed by atoms with Crippen molar-refractivity contribution in [3.8, 4) is 0 Å². The number of aryl methyl sites for hydroxylation is 2. The summed E-state index contributed by atoms with van der Waals surface area (Å²) >= 11 is 20.1. The number of benzene rings is 1. The van der Waals surface area contributed by atoms with Gasteiger partial charge in [0.05, 0.1) is 12.7 Å². The van der Waals surface area contributed by atoms with E-state index in [4.69, 9.17) is 44.6 Å². The van der Waals surface area contributed by atoms with Crippen LogP contribution in [0.4, 0.5) is 0 Å². The summed E-state index contributed by atoms with van der Waals surface area (Å²) in [5.41, 5.74) is 1.03. The van der Waals surface area contributed by atoms with Crippen LogP contribution in [0.2, 0.25) is 10.0 Å². The Balaban J connectivity index is 1.47. The molecule has 0 aliphatic heterocycles. The van der Waals surface area contributed by atoms with Crippen molar-refractivity contribution in [2.45, 2.75) is 68.3 Å². The molecule has 0 spiro atoms. The van der Waals surface area contributed by atoms with Crippen LogP contribution in [0.3, 0.4) is 0 Å². The Hall–Kier alpha value is -0.940. The molecule has 0 radical (unpaired) electrons. The van der Waals surface area contributed by atoms with Crippen LogP contribution in [-0.4, -0.2) is 74.5 Å². The zero-order valence-corrected chi connectivity index (χ0v) is 23.3. The van der Waals surface area contributed by atoms with Gasteiger partial charge < -0.3 is 30.3 Å². The average Bonchev–Trinajstić information content (AvgIpc) is 3.43. The average molecular weight is 596 g/mol. The smallest absolute Gasteiger partial charge is 0.348 e. The zero-order chi connectivity index (χ0) is 27.1. The second-order valence-electron chi connectivity index (χ2n) is 9.53. The Labute approximate surface area is 235 Å². The van der Waals surface area contributed by atoms with Crippen molar-refractivity contribution in [2.75, 3.05) is 13.2 Å². The molecular formula is C26H33Cl3O7S. The van der Waals surface area contributed by atoms with Gasteiger partial charge in [0.2, 0.25) is 0 Å². The van der Waals surface area contributed by atoms with Crippen LogP contribution >= 0.6 is 46.1 Å². The highest BCUT2D eigenvalue weighted by atomic mass is 35.5. The Morgan fingerprint density at radius 1 is 1.03 bits per heavy atom. The maximum Gasteiger partial charge on any atom is 0.348 e. The minimum Gasteiger partial charge on any atom is -0.459 e. The number of esters is 1. The molecule has 1 heterocycles. The number of thiophene rings is 1. The quantitative estimate of drug-likeness (QED) is 0.176. The summed E-state index contributed by atoms with van der Waals surface area (Å²) in [6, 6.07) is 8.98. The number of carbonyl (C=O) groups is 1. The monoisotopic (exact) mass is 594 g/mol. The molecule has 5 N–H and O–H groups in total. The second-order valence-corrected chi connectivity index (χ2v) is 12.1. The topological polar surface area (TPSA) is 127 Å². The van der Waals surface area contributed by atoms with Crippen molar-refractivity contribution in [2.24, 2.45) is 11.8 Å². The van der Waals surface area contributed by atoms with Gasteiger partial charge in [-0.1, -0.05) is 23.2 Å². The molecule has 1 aromatic carbocycles. The summed E-state index contributed by atoms with van der Waals surface area (Å²) < 4.78 is 5.03. The summed E-state index contributed by atoms with van der Waals surface area (Å²) in [4.78, 5) is 13.6. The largest absolute Gasteiger partial charge is 0.459 e. The predicted octanol–water partition coefficient (Wildman–Crippen LogP) is 3.85. The number of aliphatic hydroxyl groups is 5. The lowest BCUT2D eigenvalue weighted by Gasteiger charge is -2.23. The zero-order valence-electron chi connectivity index (χ0n) is 20.2. The maximum atomic E-state index is 12.3. The number of aliphatic hydroxyl groups excluding tert-OH is 5. The molecule has 1 saturated carbocycles. The normalized spacial score (nSPS) is 24.1. The van der Waals surface area contributed by atoms with E-state index < -0.39 is 43.6 Å². The van der Waals surface area contributed by atoms with Gasteiger partial charge >= 0.3 is 5.97 Å². The third-order valence-corrected chi connectivity index (χ3v) is 8.91. The molecule has 1 aromatic heterocycles. The second kappa shape index (κ2) is 14.4. The molecule has 7 atom stereocenters. The molecule has 1 aliphatic rings. The molecular weight excluding hydrogens is 563 g/mol. The number of ether oxygens (including phenoxy) is 1. The summed E-state index contributed by atoms with van der Waals surface area (Å²) in [5.74, 6) is -0.375. The highest BCUT2D eigenvalue weighted by Crippen LogP contribution is 2.42. The van der Waals surface area contributed by atoms with Crippen LogP contribution in [0.25, 0.3) is 0 Å². The van der Waals surface area contributed by atoms with Crippen LogP contribution in [0.1, 0.15) is 45.8 Å². The first-order valence-electron chi connectivity index (χ1n) is 12.3. The molecule has 37 heavy (non-hydrogen) atoms. The SMILES string of the molecule is O=C(OCC(O)C(O)C(O)CO)c1ccc(CCC[C@@H]2[C@@H](CCc3cc(Cl)cc(Cl)c3)[C@H](O)C[C@H]2Cl)s1. The lowest BCUT2D eigenvalue weighted by atomic mass is 9.85. The predicted molar refractivity (Wildman–Crippen MR) is 145 cm³/mol. The molecule has 3 rings (SSSR count). The van der Waals surface area contributed by atoms with Gasteiger partial charge in [0.1, 0.15) is 29.8 Å². The number of hydrogen-bond acceptors (Lipinski definition) is 8. The van der Waals surface area contributed by atoms with Gasteiger partial charge in [-0.15, -0.1) is 22.9 Å². The first-order valence-corrected chi connectivity index (χ1v) is 14.3. The van der Waals surface area contributed by atoms with Crippen molar-refractivity contribution in [1.29, 1.82) is 0 Å². The Bertz CT molecular complexity index is 1000. The fourth-order valence-corrected chi connectivity index (χ4v) is 6.86. The summed E-state index contributed by atoms with van der Waals surface area (Å²) in [7, 11) is 0. The van der Waals surface area contributed by atoms with E-state index in [1.165, 1.54) is 11.3 Å². The summed E-state index contributed by atoms with van der Waals surface area (Å²) in [5, 5.41) is 49.3. The van der Waals surface area contributed by atoms with Gasteiger partial charge in [-0.3, -0.25) is 0 Å². The molecule has 3 unspecified atom stereocenters. The Morgan fingerprint density at radius 2 is 1.73 bits per heavy atom. The number of rotatable bonds is 13. The van der Waals surface area contributed by atoms with Crippen molar-refractivity contribution in [3.05, 3.63) is 55.7 Å². The highest BCUT2D eigenvalue weighted by molar-refractivity contribution is 7.13. The number of hydrogen-bond donors (Lipinski definition) is 5. The van der Waals surface area contributed by atoms with Gasteiger partial charge in [0.25, 0.3) is 0 Å². The molecule has 7 nitrogen and oxygen atoms in total. The number of alkyl halides is 1. The molecule has 1 fully saturated rings. The van der Waals surface area contributed by atoms with E-state index in [1.807, 2.05) is 18.2 Å². The van der Waals surface area contributed by atoms with E-state index in [-0.39, 0.29) is 17.2 Å². The Kier molecular flexibility index (Phi) is 11.9. The maximum absolute atomic E-state index is 12.3. The summed E-state index contributed by atoms with van der Waals surface area (Å²) in [6.07, 6.45) is -0.557. The van der Waals surface area contributed by atoms with E-state index in [9.17, 15) is 25.2 Å². The van der Waals surface area contributed by atoms with E-state index in [0.717, 1.165) is 42.5 Å². The lowest BCUT2D eigenvalue weighted by molar-refractivity contribution is -0.0925. The first kappa shape index (κ1) is 30.6. The lowest BCUT2D eigenvalue weighted by Crippen LogP contribution is -2.42. The summed E-state index contributed by atoms with van der Waals surface area (Å²) in [6.45, 7) is -1.23. The number of carbonyl (C=O) groups excluding carboxylic acids is 1. The van der Waals surface area contributed by atoms with Crippen LogP contribution < -0.4 is 0 Å². The third kappa shape index (κ3) is 8.78. The molecule has 0 bridgehead atoms. The number of halogens is 3. The van der Waals surface area contributed by atoms with Gasteiger partial charge in [-0.25, -0.2) is 4.79 Å². The molecule has 0 saturated heterocycles. The van der Waals surface area contributed by atoms with E-state index >= 15 is 0 Å². The van der Waals surface area contributed by atoms with Gasteiger partial charge in [0.15, 0.2) is 0 Å². The van der Waals surface area contributed by atoms with Crippen LogP contribution in [0.15, 0.2) is 30.3 Å². The molecule has 2 aromatic rings. The minimum atomic E-state index is -1.62. The molecule has 1 aliphatic carbocycles. The molecule has 0 amide bonds. The van der Waals surface area contributed by atoms with Crippen molar-refractivity contribution < 1.29 is 35.1 Å². The van der Waals surface area contributed by atoms with Gasteiger partial charge in [0, 0.05) is 20.3 Å². The van der Waals surface area contributed by atoms with Gasteiger partial charge in [-0.05, 0) is 86.3 Å². The van der Waals surface area contributed by atoms with Crippen molar-refractivity contribution in [3.63, 3.8) is 0 Å². The van der Waals surface area contributed by atoms with Crippen molar-refractivity contribution in [1.82, 2.24) is 0 Å². The molecule has 11 heteroatoms. The van der Waals surface area contributed by atoms with Crippen LogP contribution in [0, 0.1) is 11.8 Å². The Morgan fingerprint density at radius 3 is 2.41 bits per heavy atom. The van der Waals surface area contributed by atoms with Crippen LogP contribution in [-0.2, 0) is 17.6 Å². The standard InChI is InChI=1S/C26H33Cl3O7S/c27-15-8-14(9-16(28)10-15)4-6-19-18(20(29)11-21(19)31)3-1-2-17-5-7-24(37-17)26(35)36-13-23(33)25(34)22(32)12-30/h5,7-10,18-23,25,30-34H,1-4,6,11-13H2/t18-,19-,20-,21-,22?,23?,25?/m1/s1. The van der Waals surface area contributed by atoms with E-state index in [1.54, 1.807) is 12.1 Å². The van der Waals surface area contributed by atoms with Crippen molar-refractivity contribution >= 4 is 52.1 Å². The van der Waals surface area contributed by atoms with Gasteiger partial charge in [-0.2, -0.15) is 0 Å². The van der Waals surface area contributed by atoms with E-state index in [2.05, 4.69) is 0 Å². The minimum absolute atomic E-state index is 0.0836. The molecule has 206 valence electrons. The third-order valence-electron chi connectivity index (χ3n) is 6.85.